The van der Waals surface area contributed by atoms with E-state index in [1.807, 2.05) is 0 Å². The van der Waals surface area contributed by atoms with Gasteiger partial charge in [-0.1, -0.05) is 0 Å². The third-order valence-electron chi connectivity index (χ3n) is 1.44. The summed E-state index contributed by atoms with van der Waals surface area (Å²) in [5.41, 5.74) is 0. The van der Waals surface area contributed by atoms with E-state index in [1.165, 1.54) is 7.05 Å². The molecular formula is C8H15NO5S. The topological polar surface area (TPSA) is 92.7 Å². The molecule has 0 aromatic heterocycles. The molecule has 0 unspecified atom stereocenters. The molecule has 0 spiro atoms. The maximum atomic E-state index is 11.3. The molecule has 15 heavy (non-hydrogen) atoms. The number of aliphatic hydroxyl groups excluding tert-OH is 1. The van der Waals surface area contributed by atoms with Crippen molar-refractivity contribution in [1.29, 1.82) is 0 Å². The van der Waals surface area contributed by atoms with E-state index >= 15 is 0 Å². The molecule has 0 rings (SSSR count). The van der Waals surface area contributed by atoms with Crippen molar-refractivity contribution in [3.05, 3.63) is 10.7 Å². The van der Waals surface area contributed by atoms with Crippen molar-refractivity contribution >= 4 is 15.8 Å². The monoisotopic (exact) mass is 237 g/mol. The van der Waals surface area contributed by atoms with E-state index in [9.17, 15) is 18.3 Å². The Morgan fingerprint density at radius 3 is 2.33 bits per heavy atom. The molecule has 0 aliphatic carbocycles. The molecule has 6 nitrogen and oxygen atoms in total. The van der Waals surface area contributed by atoms with E-state index in [1.54, 1.807) is 6.92 Å². The predicted octanol–water partition coefficient (Wildman–Crippen LogP) is -0.417. The number of hydrogen-bond donors (Lipinski definition) is 2. The lowest BCUT2D eigenvalue weighted by Crippen LogP contribution is -2.22. The van der Waals surface area contributed by atoms with E-state index < -0.39 is 26.5 Å². The third kappa shape index (κ3) is 4.30. The SMILES string of the molecule is CCOC(=O)/C(=C(/O)CNC)S(C)(=O)=O. The van der Waals surface area contributed by atoms with Crippen molar-refractivity contribution in [3.8, 4) is 0 Å². The molecule has 0 fully saturated rings. The first kappa shape index (κ1) is 13.9. The number of rotatable bonds is 5. The number of esters is 1. The number of likely N-dealkylation sites (N-methyl/N-ethyl adjacent to an activating group) is 1. The molecule has 2 N–H and O–H groups in total. The number of carbonyl (C=O) groups is 1. The van der Waals surface area contributed by atoms with Crippen LogP contribution in [0.2, 0.25) is 0 Å². The molecule has 0 saturated heterocycles. The van der Waals surface area contributed by atoms with Crippen LogP contribution < -0.4 is 5.32 Å². The minimum absolute atomic E-state index is 0.0463. The van der Waals surface area contributed by atoms with Crippen LogP contribution in [0.15, 0.2) is 10.7 Å². The summed E-state index contributed by atoms with van der Waals surface area (Å²) in [6.45, 7) is 1.48. The lowest BCUT2D eigenvalue weighted by atomic mass is 10.4. The first-order valence-corrected chi connectivity index (χ1v) is 6.17. The summed E-state index contributed by atoms with van der Waals surface area (Å²) in [4.78, 5) is 10.6. The van der Waals surface area contributed by atoms with Crippen LogP contribution in [0.1, 0.15) is 6.92 Å². The Balaban J connectivity index is 5.25. The fourth-order valence-electron chi connectivity index (χ4n) is 0.928. The lowest BCUT2D eigenvalue weighted by molar-refractivity contribution is -0.137. The quantitative estimate of drug-likeness (QED) is 0.383. The highest BCUT2D eigenvalue weighted by Gasteiger charge is 2.26. The Morgan fingerprint density at radius 2 is 2.00 bits per heavy atom. The second-order valence-electron chi connectivity index (χ2n) is 2.80. The minimum Gasteiger partial charge on any atom is -0.509 e. The Labute approximate surface area is 88.8 Å². The normalized spacial score (nSPS) is 13.3. The van der Waals surface area contributed by atoms with E-state index in [0.29, 0.717) is 0 Å². The van der Waals surface area contributed by atoms with Gasteiger partial charge in [0.15, 0.2) is 14.7 Å². The van der Waals surface area contributed by atoms with Gasteiger partial charge in [0.25, 0.3) is 0 Å². The smallest absolute Gasteiger partial charge is 0.353 e. The van der Waals surface area contributed by atoms with E-state index in [0.717, 1.165) is 6.26 Å². The first-order chi connectivity index (χ1) is 6.84. The molecule has 0 atom stereocenters. The van der Waals surface area contributed by atoms with Crippen molar-refractivity contribution in [2.45, 2.75) is 6.92 Å². The van der Waals surface area contributed by atoms with E-state index in [-0.39, 0.29) is 13.2 Å². The van der Waals surface area contributed by atoms with E-state index in [4.69, 9.17) is 0 Å². The molecule has 7 heteroatoms. The number of ether oxygens (including phenoxy) is 1. The van der Waals surface area contributed by atoms with E-state index in [2.05, 4.69) is 10.1 Å². The van der Waals surface area contributed by atoms with Crippen LogP contribution in [0, 0.1) is 0 Å². The second kappa shape index (κ2) is 5.72. The van der Waals surface area contributed by atoms with Crippen LogP contribution in [-0.4, -0.2) is 45.9 Å². The number of aliphatic hydroxyl groups is 1. The highest BCUT2D eigenvalue weighted by Crippen LogP contribution is 2.11. The van der Waals surface area contributed by atoms with Gasteiger partial charge in [-0.25, -0.2) is 13.2 Å². The molecular weight excluding hydrogens is 222 g/mol. The van der Waals surface area contributed by atoms with Gasteiger partial charge in [-0.15, -0.1) is 0 Å². The summed E-state index contributed by atoms with van der Waals surface area (Å²) in [6.07, 6.45) is 0.838. The maximum Gasteiger partial charge on any atom is 0.353 e. The van der Waals surface area contributed by atoms with Gasteiger partial charge in [0, 0.05) is 6.26 Å². The number of carbonyl (C=O) groups excluding carboxylic acids is 1. The van der Waals surface area contributed by atoms with Crippen molar-refractivity contribution in [2.75, 3.05) is 26.5 Å². The summed E-state index contributed by atoms with van der Waals surface area (Å²) in [7, 11) is -2.28. The summed E-state index contributed by atoms with van der Waals surface area (Å²) in [5, 5.41) is 11.9. The molecule has 0 aromatic rings. The van der Waals surface area contributed by atoms with Gasteiger partial charge < -0.3 is 15.2 Å². The second-order valence-corrected chi connectivity index (χ2v) is 4.75. The van der Waals surface area contributed by atoms with Crippen molar-refractivity contribution < 1.29 is 23.1 Å². The Kier molecular flexibility index (Phi) is 5.31. The van der Waals surface area contributed by atoms with Crippen molar-refractivity contribution in [1.82, 2.24) is 5.32 Å². The van der Waals surface area contributed by atoms with Crippen LogP contribution in [-0.2, 0) is 19.4 Å². The largest absolute Gasteiger partial charge is 0.509 e. The van der Waals surface area contributed by atoms with Crippen LogP contribution in [0.5, 0.6) is 0 Å². The Hall–Kier alpha value is -1.08. The average Bonchev–Trinajstić information content (AvgIpc) is 2.01. The van der Waals surface area contributed by atoms with Crippen LogP contribution >= 0.6 is 0 Å². The number of sulfone groups is 1. The van der Waals surface area contributed by atoms with Crippen LogP contribution in [0.3, 0.4) is 0 Å². The van der Waals surface area contributed by atoms with Gasteiger partial charge in [0.1, 0.15) is 5.76 Å². The van der Waals surface area contributed by atoms with Crippen molar-refractivity contribution in [3.63, 3.8) is 0 Å². The van der Waals surface area contributed by atoms with Gasteiger partial charge >= 0.3 is 5.97 Å². The van der Waals surface area contributed by atoms with Gasteiger partial charge in [-0.05, 0) is 14.0 Å². The maximum absolute atomic E-state index is 11.3. The number of nitrogens with one attached hydrogen (secondary N) is 1. The molecule has 0 saturated carbocycles. The first-order valence-electron chi connectivity index (χ1n) is 4.28. The summed E-state index contributed by atoms with van der Waals surface area (Å²) in [5.74, 6) is -1.58. The molecule has 0 amide bonds. The van der Waals surface area contributed by atoms with Crippen LogP contribution in [0.25, 0.3) is 0 Å². The van der Waals surface area contributed by atoms with Gasteiger partial charge in [-0.2, -0.15) is 0 Å². The Bertz CT molecular complexity index is 357. The fraction of sp³-hybridized carbons (Fsp3) is 0.625. The fourth-order valence-corrected chi connectivity index (χ4v) is 1.79. The average molecular weight is 237 g/mol. The van der Waals surface area contributed by atoms with Crippen LogP contribution in [0.4, 0.5) is 0 Å². The molecule has 0 aromatic carbocycles. The lowest BCUT2D eigenvalue weighted by Gasteiger charge is -2.07. The highest BCUT2D eigenvalue weighted by molar-refractivity contribution is 7.95. The third-order valence-corrected chi connectivity index (χ3v) is 2.58. The molecule has 0 aliphatic heterocycles. The number of hydrogen-bond acceptors (Lipinski definition) is 6. The molecule has 88 valence electrons. The zero-order valence-electron chi connectivity index (χ0n) is 8.90. The van der Waals surface area contributed by atoms with Gasteiger partial charge in [0.2, 0.25) is 0 Å². The highest BCUT2D eigenvalue weighted by atomic mass is 32.2. The predicted molar refractivity (Wildman–Crippen MR) is 55.1 cm³/mol. The van der Waals surface area contributed by atoms with Crippen molar-refractivity contribution in [2.24, 2.45) is 0 Å². The van der Waals surface area contributed by atoms with Gasteiger partial charge in [0.05, 0.1) is 13.2 Å². The molecule has 0 radical (unpaired) electrons. The molecule has 0 aliphatic rings. The summed E-state index contributed by atoms with van der Waals surface area (Å²) in [6, 6.07) is 0. The summed E-state index contributed by atoms with van der Waals surface area (Å²) >= 11 is 0. The zero-order valence-corrected chi connectivity index (χ0v) is 9.72. The summed E-state index contributed by atoms with van der Waals surface area (Å²) < 4.78 is 27.0. The minimum atomic E-state index is -3.79. The standard InChI is InChI=1S/C8H15NO5S/c1-4-14-8(11)7(15(3,12)13)6(10)5-9-2/h9-10H,4-5H2,1-3H3/b7-6-. The Morgan fingerprint density at radius 1 is 1.47 bits per heavy atom. The molecule has 0 bridgehead atoms. The van der Waals surface area contributed by atoms with Gasteiger partial charge in [-0.3, -0.25) is 0 Å². The molecule has 0 heterocycles. The zero-order chi connectivity index (χ0) is 12.1.